The van der Waals surface area contributed by atoms with Gasteiger partial charge in [-0.3, -0.25) is 0 Å². The second-order valence-corrected chi connectivity index (χ2v) is 5.86. The molecule has 5 nitrogen and oxygen atoms in total. The number of aliphatic hydroxyl groups is 1. The Balaban J connectivity index is 2.26. The molecular formula is C12H13BrN4OS. The summed E-state index contributed by atoms with van der Waals surface area (Å²) in [4.78, 5) is 9.13. The van der Waals surface area contributed by atoms with Crippen LogP contribution in [0.4, 0.5) is 11.6 Å². The van der Waals surface area contributed by atoms with E-state index in [4.69, 9.17) is 11.5 Å². The number of nitrogen functional groups attached to an aromatic ring is 2. The lowest BCUT2D eigenvalue weighted by Gasteiger charge is -2.09. The molecule has 19 heavy (non-hydrogen) atoms. The molecular weight excluding hydrogens is 328 g/mol. The van der Waals surface area contributed by atoms with Crippen LogP contribution in [0.1, 0.15) is 18.6 Å². The van der Waals surface area contributed by atoms with E-state index >= 15 is 0 Å². The lowest BCUT2D eigenvalue weighted by atomic mass is 10.1. The lowest BCUT2D eigenvalue weighted by Crippen LogP contribution is -1.99. The van der Waals surface area contributed by atoms with Crippen LogP contribution in [0.15, 0.2) is 38.8 Å². The second-order valence-electron chi connectivity index (χ2n) is 3.96. The van der Waals surface area contributed by atoms with Crippen LogP contribution in [0.2, 0.25) is 0 Å². The van der Waals surface area contributed by atoms with Crippen molar-refractivity contribution in [2.45, 2.75) is 23.1 Å². The quantitative estimate of drug-likeness (QED) is 0.743. The predicted octanol–water partition coefficient (Wildman–Crippen LogP) is 2.61. The number of hydrogen-bond donors (Lipinski definition) is 3. The maximum Gasteiger partial charge on any atom is 0.196 e. The van der Waals surface area contributed by atoms with Gasteiger partial charge in [-0.1, -0.05) is 22.0 Å². The van der Waals surface area contributed by atoms with Crippen LogP contribution in [-0.2, 0) is 0 Å². The maximum atomic E-state index is 9.56. The Bertz CT molecular complexity index is 586. The van der Waals surface area contributed by atoms with Crippen molar-refractivity contribution in [2.75, 3.05) is 11.5 Å². The van der Waals surface area contributed by atoms with Crippen molar-refractivity contribution in [1.29, 1.82) is 0 Å². The zero-order valence-electron chi connectivity index (χ0n) is 10.2. The first-order valence-corrected chi connectivity index (χ1v) is 7.12. The molecule has 1 aromatic heterocycles. The first kappa shape index (κ1) is 14.1. The van der Waals surface area contributed by atoms with Crippen LogP contribution in [0.5, 0.6) is 0 Å². The molecule has 0 saturated carbocycles. The van der Waals surface area contributed by atoms with Gasteiger partial charge >= 0.3 is 0 Å². The van der Waals surface area contributed by atoms with E-state index in [1.807, 2.05) is 18.2 Å². The number of nitrogens with zero attached hydrogens (tertiary/aromatic N) is 2. The molecule has 100 valence electrons. The monoisotopic (exact) mass is 340 g/mol. The average Bonchev–Trinajstić information content (AvgIpc) is 2.26. The highest BCUT2D eigenvalue weighted by molar-refractivity contribution is 9.10. The zero-order chi connectivity index (χ0) is 14.0. The van der Waals surface area contributed by atoms with E-state index < -0.39 is 6.10 Å². The van der Waals surface area contributed by atoms with Gasteiger partial charge < -0.3 is 16.6 Å². The number of hydrogen-bond acceptors (Lipinski definition) is 6. The Morgan fingerprint density at radius 2 is 1.84 bits per heavy atom. The van der Waals surface area contributed by atoms with Crippen LogP contribution < -0.4 is 11.5 Å². The molecule has 0 fully saturated rings. The minimum atomic E-state index is -0.521. The fourth-order valence-corrected chi connectivity index (χ4v) is 3.21. The Kier molecular flexibility index (Phi) is 4.28. The van der Waals surface area contributed by atoms with Crippen molar-refractivity contribution < 1.29 is 5.11 Å². The fraction of sp³-hybridized carbons (Fsp3) is 0.167. The third-order valence-electron chi connectivity index (χ3n) is 2.38. The van der Waals surface area contributed by atoms with E-state index in [0.29, 0.717) is 16.8 Å². The van der Waals surface area contributed by atoms with Crippen LogP contribution in [-0.4, -0.2) is 15.1 Å². The first-order chi connectivity index (χ1) is 8.95. The zero-order valence-corrected chi connectivity index (χ0v) is 12.6. The first-order valence-electron chi connectivity index (χ1n) is 5.51. The predicted molar refractivity (Wildman–Crippen MR) is 79.8 cm³/mol. The van der Waals surface area contributed by atoms with E-state index in [1.54, 1.807) is 6.92 Å². The molecule has 1 atom stereocenters. The molecule has 7 heteroatoms. The molecule has 0 unspecified atom stereocenters. The minimum absolute atomic E-state index is 0.342. The third kappa shape index (κ3) is 3.59. The lowest BCUT2D eigenvalue weighted by molar-refractivity contribution is 0.198. The molecule has 0 saturated heterocycles. The van der Waals surface area contributed by atoms with Crippen molar-refractivity contribution >= 4 is 39.3 Å². The molecule has 5 N–H and O–H groups in total. The average molecular weight is 341 g/mol. The maximum absolute atomic E-state index is 9.56. The number of anilines is 2. The highest BCUT2D eigenvalue weighted by Gasteiger charge is 2.09. The summed E-state index contributed by atoms with van der Waals surface area (Å²) in [7, 11) is 0. The van der Waals surface area contributed by atoms with Gasteiger partial charge in [-0.2, -0.15) is 0 Å². The molecule has 0 aliphatic carbocycles. The van der Waals surface area contributed by atoms with Gasteiger partial charge in [-0.25, -0.2) is 9.97 Å². The minimum Gasteiger partial charge on any atom is -0.389 e. The van der Waals surface area contributed by atoms with Crippen molar-refractivity contribution in [3.05, 3.63) is 34.3 Å². The van der Waals surface area contributed by atoms with Crippen molar-refractivity contribution in [3.8, 4) is 0 Å². The molecule has 0 aliphatic rings. The Hall–Kier alpha value is -1.31. The van der Waals surface area contributed by atoms with Crippen molar-refractivity contribution in [3.63, 3.8) is 0 Å². The molecule has 0 aliphatic heterocycles. The normalized spacial score (nSPS) is 12.4. The van der Waals surface area contributed by atoms with Crippen molar-refractivity contribution in [1.82, 2.24) is 9.97 Å². The summed E-state index contributed by atoms with van der Waals surface area (Å²) in [5.74, 6) is 0.685. The number of aromatic nitrogens is 2. The topological polar surface area (TPSA) is 98.0 Å². The van der Waals surface area contributed by atoms with Crippen LogP contribution in [0.25, 0.3) is 0 Å². The van der Waals surface area contributed by atoms with Gasteiger partial charge in [0.15, 0.2) is 5.16 Å². The SMILES string of the molecule is C[C@@H](O)c1ccc(Sc2nc(N)cc(N)n2)cc1Br. The van der Waals surface area contributed by atoms with Gasteiger partial charge in [-0.05, 0) is 36.4 Å². The van der Waals surface area contributed by atoms with Gasteiger partial charge in [0, 0.05) is 15.4 Å². The van der Waals surface area contributed by atoms with E-state index in [2.05, 4.69) is 25.9 Å². The summed E-state index contributed by atoms with van der Waals surface area (Å²) in [6.07, 6.45) is -0.521. The number of benzene rings is 1. The molecule has 1 heterocycles. The Morgan fingerprint density at radius 3 is 2.37 bits per heavy atom. The molecule has 0 radical (unpaired) electrons. The molecule has 2 aromatic rings. The van der Waals surface area contributed by atoms with Gasteiger partial charge in [0.25, 0.3) is 0 Å². The van der Waals surface area contributed by atoms with Crippen LogP contribution in [0.3, 0.4) is 0 Å². The molecule has 2 rings (SSSR count). The van der Waals surface area contributed by atoms with Crippen LogP contribution >= 0.6 is 27.7 Å². The Labute approximate surface area is 123 Å². The number of aliphatic hydroxyl groups excluding tert-OH is 1. The van der Waals surface area contributed by atoms with E-state index in [0.717, 1.165) is 14.9 Å². The van der Waals surface area contributed by atoms with E-state index in [9.17, 15) is 5.11 Å². The van der Waals surface area contributed by atoms with Gasteiger partial charge in [-0.15, -0.1) is 0 Å². The molecule has 0 amide bonds. The van der Waals surface area contributed by atoms with Gasteiger partial charge in [0.05, 0.1) is 6.10 Å². The summed E-state index contributed by atoms with van der Waals surface area (Å²) in [6.45, 7) is 1.72. The summed E-state index contributed by atoms with van der Waals surface area (Å²) < 4.78 is 0.837. The highest BCUT2D eigenvalue weighted by atomic mass is 79.9. The molecule has 0 spiro atoms. The van der Waals surface area contributed by atoms with E-state index in [1.165, 1.54) is 17.8 Å². The summed E-state index contributed by atoms with van der Waals surface area (Å²) in [5, 5.41) is 10.1. The van der Waals surface area contributed by atoms with Crippen molar-refractivity contribution in [2.24, 2.45) is 0 Å². The second kappa shape index (κ2) is 5.77. The number of rotatable bonds is 3. The molecule has 1 aromatic carbocycles. The number of halogens is 1. The standard InChI is InChI=1S/C12H13BrN4OS/c1-6(18)8-3-2-7(4-9(8)13)19-12-16-10(14)5-11(15)17-12/h2-6,18H,1H3,(H4,14,15,16,17)/t6-/m1/s1. The summed E-state index contributed by atoms with van der Waals surface area (Å²) in [5.41, 5.74) is 12.1. The smallest absolute Gasteiger partial charge is 0.196 e. The summed E-state index contributed by atoms with van der Waals surface area (Å²) in [6, 6.07) is 7.15. The third-order valence-corrected chi connectivity index (χ3v) is 3.92. The summed E-state index contributed by atoms with van der Waals surface area (Å²) >= 11 is 4.78. The number of nitrogens with two attached hydrogens (primary N) is 2. The Morgan fingerprint density at radius 1 is 1.21 bits per heavy atom. The van der Waals surface area contributed by atoms with E-state index in [-0.39, 0.29) is 0 Å². The van der Waals surface area contributed by atoms with Gasteiger partial charge in [0.1, 0.15) is 11.6 Å². The largest absolute Gasteiger partial charge is 0.389 e. The molecule has 0 bridgehead atoms. The van der Waals surface area contributed by atoms with Crippen LogP contribution in [0, 0.1) is 0 Å². The highest BCUT2D eigenvalue weighted by Crippen LogP contribution is 2.31. The fourth-order valence-electron chi connectivity index (χ4n) is 1.52. The van der Waals surface area contributed by atoms with Gasteiger partial charge in [0.2, 0.25) is 0 Å².